The van der Waals surface area contributed by atoms with Gasteiger partial charge in [0.15, 0.2) is 6.04 Å². The number of carbonyl (C=O) groups is 1. The zero-order valence-corrected chi connectivity index (χ0v) is 16.5. The van der Waals surface area contributed by atoms with Crippen molar-refractivity contribution in [3.63, 3.8) is 0 Å². The summed E-state index contributed by atoms with van der Waals surface area (Å²) in [5.74, 6) is -0.385. The molecule has 0 aliphatic carbocycles. The smallest absolute Gasteiger partial charge is 0.328 e. The first kappa shape index (κ1) is 22.2. The van der Waals surface area contributed by atoms with Crippen LogP contribution < -0.4 is 4.72 Å². The largest absolute Gasteiger partial charge is 0.598 e. The lowest BCUT2D eigenvalue weighted by molar-refractivity contribution is -0.147. The molecular weight excluding hydrogens is 310 g/mol. The van der Waals surface area contributed by atoms with Crippen molar-refractivity contribution < 1.29 is 14.1 Å². The van der Waals surface area contributed by atoms with E-state index >= 15 is 0 Å². The average molecular weight is 344 g/mol. The molecule has 23 heavy (non-hydrogen) atoms. The number of hydrogen-bond donors (Lipinski definition) is 1. The molecule has 0 aliphatic rings. The SMILES string of the molecule is C=C[C@@](C)(CCC=C(C)C)[C@H](N[S+]([O-])C(C)(C)C)C(=O)OCC. The van der Waals surface area contributed by atoms with Crippen LogP contribution in [0.5, 0.6) is 0 Å². The highest BCUT2D eigenvalue weighted by Gasteiger charge is 2.42. The van der Waals surface area contributed by atoms with Gasteiger partial charge < -0.3 is 9.29 Å². The highest BCUT2D eigenvalue weighted by atomic mass is 32.2. The van der Waals surface area contributed by atoms with Gasteiger partial charge in [0.2, 0.25) is 0 Å². The van der Waals surface area contributed by atoms with E-state index in [1.54, 1.807) is 13.0 Å². The van der Waals surface area contributed by atoms with E-state index in [1.165, 1.54) is 5.57 Å². The van der Waals surface area contributed by atoms with Gasteiger partial charge in [0.25, 0.3) is 0 Å². The number of rotatable bonds is 9. The number of nitrogens with one attached hydrogen (secondary N) is 1. The third kappa shape index (κ3) is 7.55. The molecule has 0 amide bonds. The summed E-state index contributed by atoms with van der Waals surface area (Å²) < 4.78 is 20.2. The first-order valence-corrected chi connectivity index (χ1v) is 9.24. The van der Waals surface area contributed by atoms with Crippen LogP contribution in [0.25, 0.3) is 0 Å². The monoisotopic (exact) mass is 343 g/mol. The molecule has 0 aromatic rings. The van der Waals surface area contributed by atoms with Crippen LogP contribution >= 0.6 is 0 Å². The van der Waals surface area contributed by atoms with Crippen molar-refractivity contribution in [2.24, 2.45) is 5.41 Å². The molecule has 134 valence electrons. The first-order chi connectivity index (χ1) is 10.5. The van der Waals surface area contributed by atoms with Gasteiger partial charge in [-0.1, -0.05) is 24.6 Å². The molecule has 0 saturated heterocycles. The van der Waals surface area contributed by atoms with Gasteiger partial charge in [-0.25, -0.2) is 0 Å². The molecule has 0 spiro atoms. The van der Waals surface area contributed by atoms with E-state index < -0.39 is 27.6 Å². The Morgan fingerprint density at radius 1 is 1.35 bits per heavy atom. The summed E-state index contributed by atoms with van der Waals surface area (Å²) in [6, 6.07) is -0.689. The molecule has 0 heterocycles. The van der Waals surface area contributed by atoms with Gasteiger partial charge in [0.05, 0.1) is 6.61 Å². The third-order valence-electron chi connectivity index (χ3n) is 3.66. The second-order valence-electron chi connectivity index (χ2n) is 7.21. The Balaban J connectivity index is 5.38. The Bertz CT molecular complexity index is 424. The van der Waals surface area contributed by atoms with Crippen molar-refractivity contribution in [3.05, 3.63) is 24.3 Å². The van der Waals surface area contributed by atoms with E-state index in [1.807, 2.05) is 41.5 Å². The number of hydrogen-bond acceptors (Lipinski definition) is 4. The molecule has 4 nitrogen and oxygen atoms in total. The van der Waals surface area contributed by atoms with Crippen molar-refractivity contribution in [3.8, 4) is 0 Å². The lowest BCUT2D eigenvalue weighted by Gasteiger charge is -2.36. The lowest BCUT2D eigenvalue weighted by atomic mass is 9.78. The molecule has 0 rings (SSSR count). The topological polar surface area (TPSA) is 61.4 Å². The summed E-state index contributed by atoms with van der Waals surface area (Å²) >= 11 is -1.37. The minimum atomic E-state index is -1.37. The maximum Gasteiger partial charge on any atom is 0.328 e. The number of carbonyl (C=O) groups excluding carboxylic acids is 1. The van der Waals surface area contributed by atoms with Gasteiger partial charge in [-0.05, 0) is 54.4 Å². The van der Waals surface area contributed by atoms with Crippen LogP contribution in [0.3, 0.4) is 0 Å². The molecule has 0 radical (unpaired) electrons. The first-order valence-electron chi connectivity index (χ1n) is 8.09. The van der Waals surface area contributed by atoms with Gasteiger partial charge in [0, 0.05) is 16.8 Å². The zero-order valence-electron chi connectivity index (χ0n) is 15.7. The Morgan fingerprint density at radius 3 is 2.30 bits per heavy atom. The fourth-order valence-corrected chi connectivity index (χ4v) is 2.93. The van der Waals surface area contributed by atoms with Gasteiger partial charge in [0.1, 0.15) is 4.75 Å². The molecule has 5 heteroatoms. The normalized spacial score (nSPS) is 16.9. The van der Waals surface area contributed by atoms with Crippen LogP contribution in [0.15, 0.2) is 24.3 Å². The average Bonchev–Trinajstić information content (AvgIpc) is 2.42. The van der Waals surface area contributed by atoms with Crippen LogP contribution in [0.4, 0.5) is 0 Å². The minimum absolute atomic E-state index is 0.292. The molecule has 1 N–H and O–H groups in total. The summed E-state index contributed by atoms with van der Waals surface area (Å²) in [5.41, 5.74) is 0.689. The van der Waals surface area contributed by atoms with E-state index in [0.29, 0.717) is 6.61 Å². The van der Waals surface area contributed by atoms with E-state index in [2.05, 4.69) is 17.4 Å². The summed E-state index contributed by atoms with van der Waals surface area (Å²) in [4.78, 5) is 12.4. The number of allylic oxidation sites excluding steroid dienone is 2. The highest BCUT2D eigenvalue weighted by Crippen LogP contribution is 2.32. The number of esters is 1. The van der Waals surface area contributed by atoms with Gasteiger partial charge in [-0.2, -0.15) is 0 Å². The zero-order chi connectivity index (χ0) is 18.3. The summed E-state index contributed by atoms with van der Waals surface area (Å²) in [6.45, 7) is 17.6. The Morgan fingerprint density at radius 2 is 1.91 bits per heavy atom. The molecule has 0 aromatic carbocycles. The summed E-state index contributed by atoms with van der Waals surface area (Å²) in [6.07, 6.45) is 5.44. The van der Waals surface area contributed by atoms with Crippen molar-refractivity contribution in [1.82, 2.24) is 4.72 Å². The lowest BCUT2D eigenvalue weighted by Crippen LogP contribution is -2.55. The second-order valence-corrected chi connectivity index (χ2v) is 9.21. The van der Waals surface area contributed by atoms with Crippen LogP contribution in [0.2, 0.25) is 0 Å². The molecular formula is C18H33NO3S. The Kier molecular flexibility index (Phi) is 9.18. The van der Waals surface area contributed by atoms with Crippen molar-refractivity contribution in [2.75, 3.05) is 6.61 Å². The quantitative estimate of drug-likeness (QED) is 0.392. The van der Waals surface area contributed by atoms with E-state index in [4.69, 9.17) is 4.74 Å². The fourth-order valence-electron chi connectivity index (χ4n) is 2.00. The molecule has 0 fully saturated rings. The summed E-state index contributed by atoms with van der Waals surface area (Å²) in [7, 11) is 0. The van der Waals surface area contributed by atoms with E-state index in [0.717, 1.165) is 12.8 Å². The van der Waals surface area contributed by atoms with E-state index in [-0.39, 0.29) is 5.97 Å². The molecule has 0 saturated carbocycles. The van der Waals surface area contributed by atoms with Crippen LogP contribution in [-0.4, -0.2) is 27.9 Å². The summed E-state index contributed by atoms with van der Waals surface area (Å²) in [5, 5.41) is 0. The van der Waals surface area contributed by atoms with E-state index in [9.17, 15) is 9.35 Å². The number of ether oxygens (including phenoxy) is 1. The van der Waals surface area contributed by atoms with Crippen molar-refractivity contribution in [1.29, 1.82) is 0 Å². The predicted molar refractivity (Wildman–Crippen MR) is 98.4 cm³/mol. The standard InChI is InChI=1S/C18H33NO3S/c1-9-18(8,13-11-12-14(3)4)15(16(20)22-10-2)19-23(21)17(5,6)7/h9,12,15,19H,1,10-11,13H2,2-8H3/t15-,18+,23?/m1/s1. The van der Waals surface area contributed by atoms with Crippen molar-refractivity contribution in [2.45, 2.75) is 72.1 Å². The second kappa shape index (κ2) is 9.50. The molecule has 0 aliphatic heterocycles. The van der Waals surface area contributed by atoms with Gasteiger partial charge in [-0.15, -0.1) is 11.3 Å². The van der Waals surface area contributed by atoms with Gasteiger partial charge in [-0.3, -0.25) is 4.79 Å². The molecule has 3 atom stereocenters. The van der Waals surface area contributed by atoms with Gasteiger partial charge >= 0.3 is 5.97 Å². The predicted octanol–water partition coefficient (Wildman–Crippen LogP) is 3.91. The maximum absolute atomic E-state index is 12.5. The Labute approximate surface area is 145 Å². The maximum atomic E-state index is 12.5. The molecule has 0 aromatic heterocycles. The molecule has 0 bridgehead atoms. The molecule has 1 unspecified atom stereocenters. The minimum Gasteiger partial charge on any atom is -0.598 e. The fraction of sp³-hybridized carbons (Fsp3) is 0.722. The highest BCUT2D eigenvalue weighted by molar-refractivity contribution is 7.90. The van der Waals surface area contributed by atoms with Crippen LogP contribution in [-0.2, 0) is 20.9 Å². The third-order valence-corrected chi connectivity index (χ3v) is 5.23. The van der Waals surface area contributed by atoms with Crippen LogP contribution in [0.1, 0.15) is 61.3 Å². The Hall–Kier alpha value is -0.780. The van der Waals surface area contributed by atoms with Crippen LogP contribution in [0, 0.1) is 5.41 Å². The van der Waals surface area contributed by atoms with Crippen molar-refractivity contribution >= 4 is 17.3 Å².